The Morgan fingerprint density at radius 3 is 2.79 bits per heavy atom. The molecule has 0 bridgehead atoms. The second-order valence-corrected chi connectivity index (χ2v) is 5.33. The summed E-state index contributed by atoms with van der Waals surface area (Å²) in [6, 6.07) is 12.9. The molecule has 2 aromatic heterocycles. The zero-order chi connectivity index (χ0) is 16.9. The van der Waals surface area contributed by atoms with Gasteiger partial charge in [-0.2, -0.15) is 0 Å². The Kier molecular flexibility index (Phi) is 4.56. The molecule has 0 saturated heterocycles. The number of aryl methyl sites for hydroxylation is 1. The molecule has 6 nitrogen and oxygen atoms in total. The molecule has 1 N–H and O–H groups in total. The van der Waals surface area contributed by atoms with Crippen LogP contribution >= 0.6 is 0 Å². The highest BCUT2D eigenvalue weighted by atomic mass is 16.5. The number of nitrogens with one attached hydrogen (secondary N) is 1. The molecular formula is C18H17N3O3. The first-order valence-electron chi connectivity index (χ1n) is 7.59. The molecule has 0 aliphatic rings. The molecule has 0 radical (unpaired) electrons. The van der Waals surface area contributed by atoms with Gasteiger partial charge in [0.05, 0.1) is 6.54 Å². The van der Waals surface area contributed by atoms with Gasteiger partial charge in [-0.05, 0) is 30.7 Å². The normalized spacial score (nSPS) is 10.5. The van der Waals surface area contributed by atoms with E-state index in [4.69, 9.17) is 4.74 Å². The summed E-state index contributed by atoms with van der Waals surface area (Å²) in [5.41, 5.74) is 1.05. The molecule has 0 fully saturated rings. The van der Waals surface area contributed by atoms with E-state index in [1.165, 1.54) is 10.6 Å². The highest BCUT2D eigenvalue weighted by Gasteiger charge is 2.12. The second-order valence-electron chi connectivity index (χ2n) is 5.33. The van der Waals surface area contributed by atoms with E-state index in [1.807, 2.05) is 43.3 Å². The van der Waals surface area contributed by atoms with Gasteiger partial charge in [0.2, 0.25) is 0 Å². The second kappa shape index (κ2) is 6.95. The molecule has 0 saturated carbocycles. The minimum Gasteiger partial charge on any atom is -0.492 e. The smallest absolute Gasteiger partial charge is 0.270 e. The largest absolute Gasteiger partial charge is 0.492 e. The Labute approximate surface area is 138 Å². The number of hydrogen-bond donors (Lipinski definition) is 1. The molecule has 1 aromatic carbocycles. The average molecular weight is 323 g/mol. The zero-order valence-electron chi connectivity index (χ0n) is 13.2. The number of carbonyl (C=O) groups excluding carboxylic acids is 1. The molecule has 122 valence electrons. The minimum absolute atomic E-state index is 0.0119. The van der Waals surface area contributed by atoms with E-state index < -0.39 is 5.91 Å². The molecule has 1 amide bonds. The first-order valence-corrected chi connectivity index (χ1v) is 7.59. The topological polar surface area (TPSA) is 72.7 Å². The lowest BCUT2D eigenvalue weighted by Crippen LogP contribution is -2.34. The number of para-hydroxylation sites is 1. The molecule has 3 rings (SSSR count). The van der Waals surface area contributed by atoms with Crippen molar-refractivity contribution in [2.24, 2.45) is 0 Å². The SMILES string of the molecule is Cc1ccc2ncc(C(=O)NCCOc3ccccc3)c(=O)n2c1. The standard InChI is InChI=1S/C18H17N3O3/c1-13-7-8-16-20-11-15(18(23)21(16)12-13)17(22)19-9-10-24-14-5-3-2-4-6-14/h2-8,11-12H,9-10H2,1H3,(H,19,22). The maximum absolute atomic E-state index is 12.4. The van der Waals surface area contributed by atoms with Crippen LogP contribution in [0.5, 0.6) is 5.75 Å². The van der Waals surface area contributed by atoms with E-state index in [9.17, 15) is 9.59 Å². The molecule has 2 heterocycles. The zero-order valence-corrected chi connectivity index (χ0v) is 13.2. The van der Waals surface area contributed by atoms with Gasteiger partial charge in [0.1, 0.15) is 23.6 Å². The quantitative estimate of drug-likeness (QED) is 0.727. The Morgan fingerprint density at radius 2 is 2.00 bits per heavy atom. The third-order valence-electron chi connectivity index (χ3n) is 3.49. The van der Waals surface area contributed by atoms with Crippen LogP contribution < -0.4 is 15.6 Å². The van der Waals surface area contributed by atoms with Crippen LogP contribution in [0.15, 0.2) is 59.7 Å². The number of fused-ring (bicyclic) bond motifs is 1. The van der Waals surface area contributed by atoms with Crippen molar-refractivity contribution < 1.29 is 9.53 Å². The predicted octanol–water partition coefficient (Wildman–Crippen LogP) is 1.81. The number of amides is 1. The van der Waals surface area contributed by atoms with E-state index in [1.54, 1.807) is 12.3 Å². The van der Waals surface area contributed by atoms with Crippen molar-refractivity contribution in [3.63, 3.8) is 0 Å². The lowest BCUT2D eigenvalue weighted by atomic mass is 10.2. The molecule has 6 heteroatoms. The fraction of sp³-hybridized carbons (Fsp3) is 0.167. The Bertz CT molecular complexity index is 920. The molecule has 0 spiro atoms. The molecule has 0 aliphatic carbocycles. The third-order valence-corrected chi connectivity index (χ3v) is 3.49. The van der Waals surface area contributed by atoms with Crippen LogP contribution in [-0.2, 0) is 0 Å². The molecule has 0 aliphatic heterocycles. The molecule has 0 atom stereocenters. The fourth-order valence-corrected chi connectivity index (χ4v) is 2.28. The summed E-state index contributed by atoms with van der Waals surface area (Å²) >= 11 is 0. The Morgan fingerprint density at radius 1 is 1.21 bits per heavy atom. The van der Waals surface area contributed by atoms with Gasteiger partial charge in [0, 0.05) is 12.4 Å². The number of aromatic nitrogens is 2. The molecule has 24 heavy (non-hydrogen) atoms. The van der Waals surface area contributed by atoms with Gasteiger partial charge in [0.15, 0.2) is 0 Å². The van der Waals surface area contributed by atoms with E-state index in [0.717, 1.165) is 11.3 Å². The van der Waals surface area contributed by atoms with Crippen LogP contribution in [0.1, 0.15) is 15.9 Å². The molecular weight excluding hydrogens is 306 g/mol. The summed E-state index contributed by atoms with van der Waals surface area (Å²) < 4.78 is 6.87. The van der Waals surface area contributed by atoms with Gasteiger partial charge in [-0.15, -0.1) is 0 Å². The lowest BCUT2D eigenvalue weighted by Gasteiger charge is -2.08. The fourth-order valence-electron chi connectivity index (χ4n) is 2.28. The van der Waals surface area contributed by atoms with Crippen molar-refractivity contribution in [3.05, 3.63) is 76.3 Å². The summed E-state index contributed by atoms with van der Waals surface area (Å²) in [7, 11) is 0. The molecule has 3 aromatic rings. The highest BCUT2D eigenvalue weighted by molar-refractivity contribution is 5.93. The van der Waals surface area contributed by atoms with Crippen molar-refractivity contribution in [1.29, 1.82) is 0 Å². The monoisotopic (exact) mass is 323 g/mol. The number of nitrogens with zero attached hydrogens (tertiary/aromatic N) is 2. The maximum atomic E-state index is 12.4. The highest BCUT2D eigenvalue weighted by Crippen LogP contribution is 2.07. The van der Waals surface area contributed by atoms with Crippen molar-refractivity contribution in [2.45, 2.75) is 6.92 Å². The van der Waals surface area contributed by atoms with Crippen LogP contribution in [0.4, 0.5) is 0 Å². The number of benzene rings is 1. The van der Waals surface area contributed by atoms with E-state index >= 15 is 0 Å². The maximum Gasteiger partial charge on any atom is 0.270 e. The first-order chi connectivity index (χ1) is 11.6. The summed E-state index contributed by atoms with van der Waals surface area (Å²) in [5.74, 6) is 0.273. The Hall–Kier alpha value is -3.15. The Balaban J connectivity index is 1.66. The van der Waals surface area contributed by atoms with E-state index in [-0.39, 0.29) is 11.1 Å². The van der Waals surface area contributed by atoms with Crippen LogP contribution in [0.2, 0.25) is 0 Å². The number of carbonyl (C=O) groups is 1. The van der Waals surface area contributed by atoms with Gasteiger partial charge in [-0.1, -0.05) is 24.3 Å². The van der Waals surface area contributed by atoms with Crippen LogP contribution in [0, 0.1) is 6.92 Å². The summed E-state index contributed by atoms with van der Waals surface area (Å²) in [4.78, 5) is 28.7. The van der Waals surface area contributed by atoms with Crippen molar-refractivity contribution in [3.8, 4) is 5.75 Å². The van der Waals surface area contributed by atoms with Crippen molar-refractivity contribution >= 4 is 11.6 Å². The van der Waals surface area contributed by atoms with Gasteiger partial charge in [-0.25, -0.2) is 4.98 Å². The van der Waals surface area contributed by atoms with Crippen LogP contribution in [-0.4, -0.2) is 28.4 Å². The number of hydrogen-bond acceptors (Lipinski definition) is 4. The third kappa shape index (κ3) is 3.43. The van der Waals surface area contributed by atoms with Crippen molar-refractivity contribution in [2.75, 3.05) is 13.2 Å². The summed E-state index contributed by atoms with van der Waals surface area (Å²) in [6.07, 6.45) is 2.97. The average Bonchev–Trinajstić information content (AvgIpc) is 2.60. The van der Waals surface area contributed by atoms with Gasteiger partial charge in [-0.3, -0.25) is 14.0 Å². The van der Waals surface area contributed by atoms with Gasteiger partial charge < -0.3 is 10.1 Å². The summed E-state index contributed by atoms with van der Waals surface area (Å²) in [6.45, 7) is 2.49. The van der Waals surface area contributed by atoms with Gasteiger partial charge >= 0.3 is 0 Å². The number of ether oxygens (including phenoxy) is 1. The number of rotatable bonds is 5. The van der Waals surface area contributed by atoms with Crippen LogP contribution in [0.25, 0.3) is 5.65 Å². The number of pyridine rings is 1. The minimum atomic E-state index is -0.458. The van der Waals surface area contributed by atoms with E-state index in [0.29, 0.717) is 18.8 Å². The lowest BCUT2D eigenvalue weighted by molar-refractivity contribution is 0.0945. The predicted molar refractivity (Wildman–Crippen MR) is 90.5 cm³/mol. The van der Waals surface area contributed by atoms with E-state index in [2.05, 4.69) is 10.3 Å². The van der Waals surface area contributed by atoms with Gasteiger partial charge in [0.25, 0.3) is 11.5 Å². The molecule has 0 unspecified atom stereocenters. The first kappa shape index (κ1) is 15.7. The van der Waals surface area contributed by atoms with Crippen LogP contribution in [0.3, 0.4) is 0 Å². The van der Waals surface area contributed by atoms with Crippen molar-refractivity contribution in [1.82, 2.24) is 14.7 Å². The summed E-state index contributed by atoms with van der Waals surface area (Å²) in [5, 5.41) is 2.67.